The summed E-state index contributed by atoms with van der Waals surface area (Å²) in [6.45, 7) is 3.01. The third kappa shape index (κ3) is 1.56. The van der Waals surface area contributed by atoms with Crippen molar-refractivity contribution in [1.29, 1.82) is 0 Å². The zero-order valence-electron chi connectivity index (χ0n) is 9.99. The Labute approximate surface area is 96.0 Å². The van der Waals surface area contributed by atoms with Crippen molar-refractivity contribution >= 4 is 12.0 Å². The Morgan fingerprint density at radius 2 is 2.31 bits per heavy atom. The third-order valence-electron chi connectivity index (χ3n) is 3.39. The van der Waals surface area contributed by atoms with Crippen molar-refractivity contribution in [2.75, 3.05) is 25.6 Å². The maximum Gasteiger partial charge on any atom is 0.120 e. The van der Waals surface area contributed by atoms with E-state index in [1.807, 2.05) is 12.1 Å². The average molecular weight is 219 g/mol. The summed E-state index contributed by atoms with van der Waals surface area (Å²) in [6, 6.07) is 6.06. The number of rotatable bonds is 3. The number of hydrogen-bond acceptors (Lipinski definition) is 3. The van der Waals surface area contributed by atoms with Gasteiger partial charge < -0.3 is 14.4 Å². The lowest BCUT2D eigenvalue weighted by Gasteiger charge is -2.22. The van der Waals surface area contributed by atoms with Crippen LogP contribution in [0.15, 0.2) is 18.2 Å². The van der Waals surface area contributed by atoms with Crippen molar-refractivity contribution in [3.63, 3.8) is 0 Å². The molecule has 0 aliphatic carbocycles. The molecule has 0 saturated heterocycles. The van der Waals surface area contributed by atoms with Crippen LogP contribution >= 0.6 is 0 Å². The van der Waals surface area contributed by atoms with Gasteiger partial charge in [-0.2, -0.15) is 0 Å². The van der Waals surface area contributed by atoms with Gasteiger partial charge in [-0.05, 0) is 23.8 Å². The third-order valence-corrected chi connectivity index (χ3v) is 3.39. The molecule has 3 heteroatoms. The molecule has 0 amide bonds. The fourth-order valence-electron chi connectivity index (χ4n) is 2.51. The summed E-state index contributed by atoms with van der Waals surface area (Å²) in [6.07, 6.45) is 1.56. The van der Waals surface area contributed by atoms with E-state index in [0.717, 1.165) is 18.6 Å². The van der Waals surface area contributed by atoms with E-state index in [1.165, 1.54) is 11.3 Å². The second kappa shape index (κ2) is 3.81. The molecule has 1 heterocycles. The molecule has 1 aromatic carbocycles. The van der Waals surface area contributed by atoms with Crippen LogP contribution in [0.5, 0.6) is 5.75 Å². The Hall–Kier alpha value is -1.51. The molecule has 0 radical (unpaired) electrons. The summed E-state index contributed by atoms with van der Waals surface area (Å²) in [7, 11) is 3.72. The van der Waals surface area contributed by atoms with Crippen LogP contribution < -0.4 is 9.64 Å². The second-order valence-electron chi connectivity index (χ2n) is 4.67. The van der Waals surface area contributed by atoms with Gasteiger partial charge in [-0.25, -0.2) is 0 Å². The number of fused-ring (bicyclic) bond motifs is 1. The van der Waals surface area contributed by atoms with Gasteiger partial charge >= 0.3 is 0 Å². The molecule has 16 heavy (non-hydrogen) atoms. The molecule has 0 aromatic heterocycles. The molecule has 1 aromatic rings. The lowest BCUT2D eigenvalue weighted by molar-refractivity contribution is -0.108. The first-order valence-electron chi connectivity index (χ1n) is 5.44. The first kappa shape index (κ1) is 11.0. The minimum atomic E-state index is -0.0830. The minimum absolute atomic E-state index is 0.0830. The first-order valence-corrected chi connectivity index (χ1v) is 5.44. The van der Waals surface area contributed by atoms with Crippen LogP contribution in [0.2, 0.25) is 0 Å². The van der Waals surface area contributed by atoms with Crippen molar-refractivity contribution in [2.24, 2.45) is 0 Å². The van der Waals surface area contributed by atoms with E-state index >= 15 is 0 Å². The Kier molecular flexibility index (Phi) is 2.62. The van der Waals surface area contributed by atoms with Gasteiger partial charge in [0, 0.05) is 31.1 Å². The number of methoxy groups -OCH3 is 1. The topological polar surface area (TPSA) is 29.5 Å². The van der Waals surface area contributed by atoms with E-state index in [1.54, 1.807) is 7.11 Å². The number of anilines is 1. The number of carbonyl (C=O) groups excluding carboxylic acids is 1. The summed E-state index contributed by atoms with van der Waals surface area (Å²) in [5.41, 5.74) is 2.33. The Morgan fingerprint density at radius 3 is 2.94 bits per heavy atom. The van der Waals surface area contributed by atoms with E-state index in [0.29, 0.717) is 6.42 Å². The van der Waals surface area contributed by atoms with Crippen LogP contribution in [-0.4, -0.2) is 27.0 Å². The number of aldehydes is 1. The fourth-order valence-corrected chi connectivity index (χ4v) is 2.51. The predicted molar refractivity (Wildman–Crippen MR) is 64.3 cm³/mol. The summed E-state index contributed by atoms with van der Waals surface area (Å²) in [5, 5.41) is 0. The molecule has 0 N–H and O–H groups in total. The number of hydrogen-bond donors (Lipinski definition) is 0. The highest BCUT2D eigenvalue weighted by atomic mass is 16.5. The largest absolute Gasteiger partial charge is 0.497 e. The highest BCUT2D eigenvalue weighted by Crippen LogP contribution is 2.43. The predicted octanol–water partition coefficient (Wildman–Crippen LogP) is 1.99. The molecule has 0 saturated carbocycles. The number of benzene rings is 1. The standard InChI is InChI=1S/C13H17NO2/c1-13(6-7-15)9-14(2)12-5-4-10(16-3)8-11(12)13/h4-5,7-8H,6,9H2,1-3H3/t13-/m0/s1. The van der Waals surface area contributed by atoms with Gasteiger partial charge in [0.15, 0.2) is 0 Å². The van der Waals surface area contributed by atoms with Crippen molar-refractivity contribution in [3.05, 3.63) is 23.8 Å². The highest BCUT2D eigenvalue weighted by molar-refractivity contribution is 5.67. The van der Waals surface area contributed by atoms with Gasteiger partial charge in [-0.15, -0.1) is 0 Å². The molecular weight excluding hydrogens is 202 g/mol. The van der Waals surface area contributed by atoms with Gasteiger partial charge in [0.05, 0.1) is 7.11 Å². The van der Waals surface area contributed by atoms with Crippen molar-refractivity contribution < 1.29 is 9.53 Å². The fraction of sp³-hybridized carbons (Fsp3) is 0.462. The van der Waals surface area contributed by atoms with Crippen molar-refractivity contribution in [2.45, 2.75) is 18.8 Å². The van der Waals surface area contributed by atoms with Crippen LogP contribution in [0.1, 0.15) is 18.9 Å². The minimum Gasteiger partial charge on any atom is -0.497 e. The molecule has 86 valence electrons. The van der Waals surface area contributed by atoms with E-state index in [4.69, 9.17) is 4.74 Å². The van der Waals surface area contributed by atoms with Crippen LogP contribution in [0.3, 0.4) is 0 Å². The Balaban J connectivity index is 2.49. The zero-order valence-corrected chi connectivity index (χ0v) is 9.99. The molecule has 1 aliphatic rings. The van der Waals surface area contributed by atoms with Crippen LogP contribution in [0.4, 0.5) is 5.69 Å². The average Bonchev–Trinajstić information content (AvgIpc) is 2.51. The van der Waals surface area contributed by atoms with E-state index in [2.05, 4.69) is 24.9 Å². The highest BCUT2D eigenvalue weighted by Gasteiger charge is 2.37. The molecule has 1 atom stereocenters. The molecule has 0 bridgehead atoms. The molecule has 0 unspecified atom stereocenters. The van der Waals surface area contributed by atoms with Crippen LogP contribution in [0.25, 0.3) is 0 Å². The summed E-state index contributed by atoms with van der Waals surface area (Å²) in [4.78, 5) is 13.0. The number of ether oxygens (including phenoxy) is 1. The number of nitrogens with zero attached hydrogens (tertiary/aromatic N) is 1. The van der Waals surface area contributed by atoms with Crippen molar-refractivity contribution in [1.82, 2.24) is 0 Å². The molecular formula is C13H17NO2. The normalized spacial score (nSPS) is 23.1. The van der Waals surface area contributed by atoms with Crippen molar-refractivity contribution in [3.8, 4) is 5.75 Å². The Morgan fingerprint density at radius 1 is 1.56 bits per heavy atom. The maximum atomic E-state index is 10.8. The van der Waals surface area contributed by atoms with E-state index in [9.17, 15) is 4.79 Å². The smallest absolute Gasteiger partial charge is 0.120 e. The molecule has 2 rings (SSSR count). The first-order chi connectivity index (χ1) is 7.60. The van der Waals surface area contributed by atoms with Crippen LogP contribution in [0, 0.1) is 0 Å². The molecule has 3 nitrogen and oxygen atoms in total. The summed E-state index contributed by atoms with van der Waals surface area (Å²) < 4.78 is 5.24. The van der Waals surface area contributed by atoms with Crippen LogP contribution in [-0.2, 0) is 10.2 Å². The zero-order chi connectivity index (χ0) is 11.8. The van der Waals surface area contributed by atoms with Gasteiger partial charge in [-0.1, -0.05) is 6.92 Å². The summed E-state index contributed by atoms with van der Waals surface area (Å²) >= 11 is 0. The monoisotopic (exact) mass is 219 g/mol. The SMILES string of the molecule is COc1ccc2c(c1)[C@@](C)(CC=O)CN2C. The number of carbonyl (C=O) groups is 1. The summed E-state index contributed by atoms with van der Waals surface area (Å²) in [5.74, 6) is 0.853. The Bertz CT molecular complexity index is 416. The lowest BCUT2D eigenvalue weighted by Crippen LogP contribution is -2.28. The maximum absolute atomic E-state index is 10.8. The lowest BCUT2D eigenvalue weighted by atomic mass is 9.82. The number of likely N-dealkylation sites (N-methyl/N-ethyl adjacent to an activating group) is 1. The van der Waals surface area contributed by atoms with Gasteiger partial charge in [0.2, 0.25) is 0 Å². The molecule has 0 spiro atoms. The quantitative estimate of drug-likeness (QED) is 0.728. The van der Waals surface area contributed by atoms with Gasteiger partial charge in [-0.3, -0.25) is 0 Å². The molecule has 1 aliphatic heterocycles. The van der Waals surface area contributed by atoms with Gasteiger partial charge in [0.25, 0.3) is 0 Å². The molecule has 0 fully saturated rings. The van der Waals surface area contributed by atoms with Gasteiger partial charge in [0.1, 0.15) is 12.0 Å². The van der Waals surface area contributed by atoms with E-state index < -0.39 is 0 Å². The van der Waals surface area contributed by atoms with E-state index in [-0.39, 0.29) is 5.41 Å². The second-order valence-corrected chi connectivity index (χ2v) is 4.67.